The number of hydrogen-bond acceptors (Lipinski definition) is 4. The molecule has 0 bridgehead atoms. The second-order valence-corrected chi connectivity index (χ2v) is 5.32. The fourth-order valence-electron chi connectivity index (χ4n) is 2.12. The number of benzene rings is 1. The van der Waals surface area contributed by atoms with E-state index in [0.717, 1.165) is 12.8 Å². The first-order chi connectivity index (χ1) is 10.1. The molecule has 1 atom stereocenters. The Morgan fingerprint density at radius 2 is 1.90 bits per heavy atom. The van der Waals surface area contributed by atoms with Crippen molar-refractivity contribution >= 4 is 23.2 Å². The molecule has 2 amide bonds. The van der Waals surface area contributed by atoms with Crippen molar-refractivity contribution in [2.75, 3.05) is 24.4 Å². The number of amides is 2. The van der Waals surface area contributed by atoms with E-state index in [4.69, 9.17) is 10.5 Å². The Balaban J connectivity index is 1.87. The first-order valence-corrected chi connectivity index (χ1v) is 7.03. The Kier molecular flexibility index (Phi) is 5.30. The highest BCUT2D eigenvalue weighted by Gasteiger charge is 2.29. The van der Waals surface area contributed by atoms with Crippen LogP contribution in [0, 0.1) is 5.92 Å². The van der Waals surface area contributed by atoms with Crippen LogP contribution in [-0.2, 0) is 14.3 Å². The Hall–Kier alpha value is -1.92. The molecule has 0 heterocycles. The Morgan fingerprint density at radius 1 is 1.29 bits per heavy atom. The normalized spacial score (nSPS) is 15.3. The maximum atomic E-state index is 11.9. The quantitative estimate of drug-likeness (QED) is 0.706. The lowest BCUT2D eigenvalue weighted by Gasteiger charge is -2.11. The van der Waals surface area contributed by atoms with E-state index in [1.165, 1.54) is 7.11 Å². The zero-order valence-electron chi connectivity index (χ0n) is 12.1. The molecule has 6 heteroatoms. The number of carbonyl (C=O) groups excluding carboxylic acids is 2. The van der Waals surface area contributed by atoms with Crippen molar-refractivity contribution < 1.29 is 14.3 Å². The standard InChI is InChI=1S/C15H21N3O3/c1-21-9-15(20)18-12-4-2-3-11(7-12)17-14(19)8-13(16)10-5-6-10/h2-4,7,10,13H,5-6,8-9,16H2,1H3,(H,17,19)(H,18,20). The minimum absolute atomic E-state index is 0.00711. The first kappa shape index (κ1) is 15.5. The molecule has 1 aromatic carbocycles. The van der Waals surface area contributed by atoms with Gasteiger partial charge >= 0.3 is 0 Å². The van der Waals surface area contributed by atoms with Crippen LogP contribution in [0.2, 0.25) is 0 Å². The second-order valence-electron chi connectivity index (χ2n) is 5.32. The van der Waals surface area contributed by atoms with Gasteiger partial charge < -0.3 is 21.1 Å². The SMILES string of the molecule is COCC(=O)Nc1cccc(NC(=O)CC(N)C2CC2)c1. The van der Waals surface area contributed by atoms with Gasteiger partial charge in [-0.3, -0.25) is 9.59 Å². The molecule has 1 saturated carbocycles. The number of carbonyl (C=O) groups is 2. The predicted octanol–water partition coefficient (Wildman–Crippen LogP) is 1.34. The number of rotatable bonds is 7. The monoisotopic (exact) mass is 291 g/mol. The van der Waals surface area contributed by atoms with Crippen molar-refractivity contribution in [3.63, 3.8) is 0 Å². The van der Waals surface area contributed by atoms with Crippen molar-refractivity contribution in [3.8, 4) is 0 Å². The number of nitrogens with two attached hydrogens (primary N) is 1. The van der Waals surface area contributed by atoms with Crippen LogP contribution in [-0.4, -0.2) is 31.6 Å². The predicted molar refractivity (Wildman–Crippen MR) is 80.9 cm³/mol. The number of methoxy groups -OCH3 is 1. The summed E-state index contributed by atoms with van der Waals surface area (Å²) in [6.07, 6.45) is 2.57. The van der Waals surface area contributed by atoms with Gasteiger partial charge in [0.2, 0.25) is 11.8 Å². The van der Waals surface area contributed by atoms with E-state index in [9.17, 15) is 9.59 Å². The summed E-state index contributed by atoms with van der Waals surface area (Å²) in [7, 11) is 1.46. The van der Waals surface area contributed by atoms with Crippen LogP contribution in [0.15, 0.2) is 24.3 Å². The van der Waals surface area contributed by atoms with Gasteiger partial charge in [-0.25, -0.2) is 0 Å². The van der Waals surface area contributed by atoms with Crippen LogP contribution in [0.3, 0.4) is 0 Å². The van der Waals surface area contributed by atoms with Crippen LogP contribution < -0.4 is 16.4 Å². The fraction of sp³-hybridized carbons (Fsp3) is 0.467. The maximum absolute atomic E-state index is 11.9. The molecular formula is C15H21N3O3. The third kappa shape index (κ3) is 5.17. The molecule has 0 aromatic heterocycles. The summed E-state index contributed by atoms with van der Waals surface area (Å²) in [6, 6.07) is 6.92. The van der Waals surface area contributed by atoms with E-state index in [-0.39, 0.29) is 24.5 Å². The molecule has 1 unspecified atom stereocenters. The molecule has 21 heavy (non-hydrogen) atoms. The van der Waals surface area contributed by atoms with Gasteiger partial charge in [-0.2, -0.15) is 0 Å². The summed E-state index contributed by atoms with van der Waals surface area (Å²) in [5, 5.41) is 5.49. The molecule has 0 aliphatic heterocycles. The van der Waals surface area contributed by atoms with Crippen molar-refractivity contribution in [1.82, 2.24) is 0 Å². The highest BCUT2D eigenvalue weighted by Crippen LogP contribution is 2.32. The second kappa shape index (κ2) is 7.19. The van der Waals surface area contributed by atoms with E-state index < -0.39 is 0 Å². The molecule has 1 fully saturated rings. The average Bonchev–Trinajstić information content (AvgIpc) is 3.23. The van der Waals surface area contributed by atoms with E-state index >= 15 is 0 Å². The number of hydrogen-bond donors (Lipinski definition) is 3. The first-order valence-electron chi connectivity index (χ1n) is 7.03. The van der Waals surface area contributed by atoms with Crippen molar-refractivity contribution in [2.24, 2.45) is 11.7 Å². The van der Waals surface area contributed by atoms with Crippen LogP contribution >= 0.6 is 0 Å². The molecule has 0 saturated heterocycles. The number of ether oxygens (including phenoxy) is 1. The zero-order chi connectivity index (χ0) is 15.2. The molecular weight excluding hydrogens is 270 g/mol. The fourth-order valence-corrected chi connectivity index (χ4v) is 2.12. The zero-order valence-corrected chi connectivity index (χ0v) is 12.1. The van der Waals surface area contributed by atoms with Gasteiger partial charge in [-0.1, -0.05) is 6.07 Å². The van der Waals surface area contributed by atoms with Crippen molar-refractivity contribution in [2.45, 2.75) is 25.3 Å². The van der Waals surface area contributed by atoms with Gasteiger partial charge in [0.1, 0.15) is 6.61 Å². The summed E-state index contributed by atoms with van der Waals surface area (Å²) in [5.74, 6) is 0.155. The van der Waals surface area contributed by atoms with Crippen LogP contribution in [0.4, 0.5) is 11.4 Å². The smallest absolute Gasteiger partial charge is 0.250 e. The third-order valence-corrected chi connectivity index (χ3v) is 3.35. The van der Waals surface area contributed by atoms with E-state index in [1.54, 1.807) is 24.3 Å². The maximum Gasteiger partial charge on any atom is 0.250 e. The Bertz CT molecular complexity index is 515. The van der Waals surface area contributed by atoms with Crippen LogP contribution in [0.5, 0.6) is 0 Å². The Labute approximate surface area is 124 Å². The van der Waals surface area contributed by atoms with Crippen LogP contribution in [0.25, 0.3) is 0 Å². The van der Waals surface area contributed by atoms with Crippen molar-refractivity contribution in [1.29, 1.82) is 0 Å². The molecule has 2 rings (SSSR count). The molecule has 1 aliphatic carbocycles. The van der Waals surface area contributed by atoms with E-state index in [0.29, 0.717) is 23.7 Å². The summed E-state index contributed by atoms with van der Waals surface area (Å²) in [4.78, 5) is 23.3. The third-order valence-electron chi connectivity index (χ3n) is 3.35. The highest BCUT2D eigenvalue weighted by molar-refractivity contribution is 5.94. The minimum atomic E-state index is -0.239. The lowest BCUT2D eigenvalue weighted by molar-refractivity contribution is -0.119. The van der Waals surface area contributed by atoms with Gasteiger partial charge in [-0.05, 0) is 37.0 Å². The summed E-state index contributed by atoms with van der Waals surface area (Å²) < 4.78 is 4.75. The van der Waals surface area contributed by atoms with Crippen molar-refractivity contribution in [3.05, 3.63) is 24.3 Å². The van der Waals surface area contributed by atoms with Gasteiger partial charge in [0, 0.05) is 30.9 Å². The summed E-state index contributed by atoms with van der Waals surface area (Å²) in [6.45, 7) is -0.00711. The molecule has 4 N–H and O–H groups in total. The van der Waals surface area contributed by atoms with E-state index in [2.05, 4.69) is 10.6 Å². The topological polar surface area (TPSA) is 93.5 Å². The molecule has 0 spiro atoms. The lowest BCUT2D eigenvalue weighted by atomic mass is 10.1. The highest BCUT2D eigenvalue weighted by atomic mass is 16.5. The van der Waals surface area contributed by atoms with E-state index in [1.807, 2.05) is 0 Å². The molecule has 6 nitrogen and oxygen atoms in total. The average molecular weight is 291 g/mol. The largest absolute Gasteiger partial charge is 0.375 e. The Morgan fingerprint density at radius 3 is 2.48 bits per heavy atom. The minimum Gasteiger partial charge on any atom is -0.375 e. The van der Waals surface area contributed by atoms with Gasteiger partial charge in [0.05, 0.1) is 0 Å². The summed E-state index contributed by atoms with van der Waals surface area (Å²) >= 11 is 0. The van der Waals surface area contributed by atoms with Crippen LogP contribution in [0.1, 0.15) is 19.3 Å². The van der Waals surface area contributed by atoms with Gasteiger partial charge in [0.15, 0.2) is 0 Å². The van der Waals surface area contributed by atoms with Gasteiger partial charge in [-0.15, -0.1) is 0 Å². The summed E-state index contributed by atoms with van der Waals surface area (Å²) in [5.41, 5.74) is 7.18. The molecule has 1 aliphatic rings. The molecule has 0 radical (unpaired) electrons. The molecule has 1 aromatic rings. The number of anilines is 2. The molecule has 114 valence electrons. The lowest BCUT2D eigenvalue weighted by Crippen LogP contribution is -2.28. The number of nitrogens with one attached hydrogen (secondary N) is 2. The van der Waals surface area contributed by atoms with Gasteiger partial charge in [0.25, 0.3) is 0 Å².